The highest BCUT2D eigenvalue weighted by molar-refractivity contribution is 5.54. The third-order valence-corrected chi connectivity index (χ3v) is 2.83. The summed E-state index contributed by atoms with van der Waals surface area (Å²) >= 11 is 0. The number of rotatable bonds is 2. The van der Waals surface area contributed by atoms with E-state index < -0.39 is 0 Å². The molecule has 3 N–H and O–H groups in total. The van der Waals surface area contributed by atoms with Crippen LogP contribution in [0.25, 0.3) is 0 Å². The van der Waals surface area contributed by atoms with Crippen LogP contribution in [0.1, 0.15) is 20.8 Å². The zero-order valence-corrected chi connectivity index (χ0v) is 12.9. The minimum Gasteiger partial charge on any atom is -0.462 e. The van der Waals surface area contributed by atoms with Crippen LogP contribution < -0.4 is 16.0 Å². The lowest BCUT2D eigenvalue weighted by Gasteiger charge is -2.29. The van der Waals surface area contributed by atoms with Crippen molar-refractivity contribution in [3.63, 3.8) is 0 Å². The predicted molar refractivity (Wildman–Crippen MR) is 82.8 cm³/mol. The van der Waals surface area contributed by atoms with Gasteiger partial charge in [-0.05, 0) is 39.0 Å². The molecule has 0 unspecified atom stereocenters. The monoisotopic (exact) mass is 297 g/mol. The number of piperazine rings is 1. The van der Waals surface area contributed by atoms with Gasteiger partial charge in [0.1, 0.15) is 11.4 Å². The van der Waals surface area contributed by atoms with Crippen molar-refractivity contribution in [2.45, 2.75) is 26.4 Å². The number of carbonyl (C=O) groups excluding carboxylic acids is 1. The maximum absolute atomic E-state index is 13.5. The van der Waals surface area contributed by atoms with Crippen molar-refractivity contribution < 1.29 is 13.9 Å². The van der Waals surface area contributed by atoms with Crippen molar-refractivity contribution >= 4 is 17.8 Å². The Morgan fingerprint density at radius 2 is 1.95 bits per heavy atom. The number of hydrogen-bond acceptors (Lipinski definition) is 5. The fourth-order valence-corrected chi connectivity index (χ4v) is 1.83. The molecular weight excluding hydrogens is 273 g/mol. The Morgan fingerprint density at radius 1 is 1.33 bits per heavy atom. The van der Waals surface area contributed by atoms with Gasteiger partial charge in [0.25, 0.3) is 6.47 Å². The Morgan fingerprint density at radius 3 is 2.38 bits per heavy atom. The molecule has 0 bridgehead atoms. The predicted octanol–water partition coefficient (Wildman–Crippen LogP) is 1.78. The molecule has 1 fully saturated rings. The summed E-state index contributed by atoms with van der Waals surface area (Å²) in [5.74, 6) is -0.230. The van der Waals surface area contributed by atoms with Gasteiger partial charge in [0, 0.05) is 31.9 Å². The van der Waals surface area contributed by atoms with Crippen molar-refractivity contribution in [1.29, 1.82) is 0 Å². The summed E-state index contributed by atoms with van der Waals surface area (Å²) in [7, 11) is 0. The summed E-state index contributed by atoms with van der Waals surface area (Å²) in [6.07, 6.45) is 0. The van der Waals surface area contributed by atoms with E-state index in [9.17, 15) is 9.18 Å². The molecule has 0 aromatic heterocycles. The summed E-state index contributed by atoms with van der Waals surface area (Å²) in [5, 5.41) is 3.23. The minimum absolute atomic E-state index is 0.230. The Balaban J connectivity index is 0.000000270. The molecule has 1 aliphatic heterocycles. The van der Waals surface area contributed by atoms with Gasteiger partial charge < -0.3 is 20.7 Å². The van der Waals surface area contributed by atoms with Crippen LogP contribution in [0.2, 0.25) is 0 Å². The van der Waals surface area contributed by atoms with Gasteiger partial charge in [0.15, 0.2) is 0 Å². The molecule has 1 aromatic rings. The highest BCUT2D eigenvalue weighted by Crippen LogP contribution is 2.21. The van der Waals surface area contributed by atoms with Crippen LogP contribution in [-0.2, 0) is 9.53 Å². The molecule has 6 heteroatoms. The lowest BCUT2D eigenvalue weighted by atomic mass is 10.2. The van der Waals surface area contributed by atoms with Crippen LogP contribution in [0.15, 0.2) is 18.2 Å². The molecule has 1 aromatic carbocycles. The molecular formula is C15H24FN3O2. The number of benzene rings is 1. The van der Waals surface area contributed by atoms with E-state index in [2.05, 4.69) is 10.1 Å². The molecule has 0 saturated carbocycles. The number of nitrogens with one attached hydrogen (secondary N) is 1. The van der Waals surface area contributed by atoms with E-state index in [-0.39, 0.29) is 11.4 Å². The van der Waals surface area contributed by atoms with Crippen molar-refractivity contribution in [3.05, 3.63) is 24.0 Å². The zero-order chi connectivity index (χ0) is 15.9. The Hall–Kier alpha value is -1.82. The first-order valence-electron chi connectivity index (χ1n) is 6.95. The zero-order valence-electron chi connectivity index (χ0n) is 12.9. The number of nitrogens with zero attached hydrogens (tertiary/aromatic N) is 1. The quantitative estimate of drug-likeness (QED) is 0.643. The van der Waals surface area contributed by atoms with E-state index >= 15 is 0 Å². The third kappa shape index (κ3) is 6.44. The fourth-order valence-electron chi connectivity index (χ4n) is 1.83. The highest BCUT2D eigenvalue weighted by Gasteiger charge is 2.13. The van der Waals surface area contributed by atoms with Crippen LogP contribution in [-0.4, -0.2) is 38.3 Å². The first-order chi connectivity index (χ1) is 9.83. The van der Waals surface area contributed by atoms with Crippen LogP contribution in [0.5, 0.6) is 0 Å². The molecule has 0 radical (unpaired) electrons. The third-order valence-electron chi connectivity index (χ3n) is 2.83. The lowest BCUT2D eigenvalue weighted by Crippen LogP contribution is -2.43. The summed E-state index contributed by atoms with van der Waals surface area (Å²) < 4.78 is 18.0. The van der Waals surface area contributed by atoms with Gasteiger partial charge in [-0.3, -0.25) is 4.79 Å². The Bertz CT molecular complexity index is 455. The Kier molecular flexibility index (Phi) is 6.42. The maximum atomic E-state index is 13.5. The fraction of sp³-hybridized carbons (Fsp3) is 0.533. The molecule has 1 saturated heterocycles. The number of carbonyl (C=O) groups is 1. The average Bonchev–Trinajstić information content (AvgIpc) is 2.39. The summed E-state index contributed by atoms with van der Waals surface area (Å²) in [5.41, 5.74) is 6.30. The molecule has 0 atom stereocenters. The topological polar surface area (TPSA) is 67.6 Å². The van der Waals surface area contributed by atoms with Gasteiger partial charge in [-0.2, -0.15) is 0 Å². The van der Waals surface area contributed by atoms with E-state index in [4.69, 9.17) is 5.73 Å². The standard InChI is InChI=1S/C10H14FN3.C5H10O2/c11-9-7-8(12)1-2-10(9)14-5-3-13-4-6-14;1-5(2,3)7-4-6/h1-2,7,13H,3-6,12H2;4H,1-3H3. The van der Waals surface area contributed by atoms with Gasteiger partial charge in [-0.1, -0.05) is 0 Å². The van der Waals surface area contributed by atoms with Gasteiger partial charge in [0.05, 0.1) is 5.69 Å². The second-order valence-electron chi connectivity index (χ2n) is 5.77. The lowest BCUT2D eigenvalue weighted by molar-refractivity contribution is -0.138. The first kappa shape index (κ1) is 17.2. The first-order valence-corrected chi connectivity index (χ1v) is 6.95. The van der Waals surface area contributed by atoms with Gasteiger partial charge in [-0.15, -0.1) is 0 Å². The smallest absolute Gasteiger partial charge is 0.293 e. The molecule has 0 amide bonds. The number of ether oxygens (including phenoxy) is 1. The molecule has 21 heavy (non-hydrogen) atoms. The molecule has 1 heterocycles. The minimum atomic E-state index is -0.318. The largest absolute Gasteiger partial charge is 0.462 e. The van der Waals surface area contributed by atoms with E-state index in [0.29, 0.717) is 17.8 Å². The number of hydrogen-bond donors (Lipinski definition) is 2. The van der Waals surface area contributed by atoms with E-state index in [1.807, 2.05) is 25.7 Å². The molecule has 5 nitrogen and oxygen atoms in total. The van der Waals surface area contributed by atoms with Gasteiger partial charge >= 0.3 is 0 Å². The number of anilines is 2. The second-order valence-corrected chi connectivity index (χ2v) is 5.77. The van der Waals surface area contributed by atoms with Crippen molar-refractivity contribution in [3.8, 4) is 0 Å². The van der Waals surface area contributed by atoms with E-state index in [0.717, 1.165) is 26.2 Å². The van der Waals surface area contributed by atoms with Crippen molar-refractivity contribution in [2.24, 2.45) is 0 Å². The average molecular weight is 297 g/mol. The van der Waals surface area contributed by atoms with Crippen LogP contribution in [0.4, 0.5) is 15.8 Å². The van der Waals surface area contributed by atoms with Crippen LogP contribution in [0.3, 0.4) is 0 Å². The van der Waals surface area contributed by atoms with E-state index in [1.165, 1.54) is 6.07 Å². The highest BCUT2D eigenvalue weighted by atomic mass is 19.1. The summed E-state index contributed by atoms with van der Waals surface area (Å²) in [6, 6.07) is 4.85. The number of halogens is 1. The van der Waals surface area contributed by atoms with Crippen LogP contribution >= 0.6 is 0 Å². The van der Waals surface area contributed by atoms with Crippen molar-refractivity contribution in [1.82, 2.24) is 5.32 Å². The number of nitrogen functional groups attached to an aromatic ring is 1. The van der Waals surface area contributed by atoms with Crippen LogP contribution in [0, 0.1) is 5.82 Å². The van der Waals surface area contributed by atoms with Gasteiger partial charge in [0.2, 0.25) is 0 Å². The maximum Gasteiger partial charge on any atom is 0.293 e. The van der Waals surface area contributed by atoms with E-state index in [1.54, 1.807) is 12.1 Å². The molecule has 118 valence electrons. The molecule has 1 aliphatic rings. The Labute approximate surface area is 125 Å². The summed E-state index contributed by atoms with van der Waals surface area (Å²) in [6.45, 7) is 9.43. The normalized spacial score (nSPS) is 15.0. The molecule has 0 aliphatic carbocycles. The molecule has 2 rings (SSSR count). The van der Waals surface area contributed by atoms with Crippen molar-refractivity contribution in [2.75, 3.05) is 36.8 Å². The number of nitrogens with two attached hydrogens (primary N) is 1. The second kappa shape index (κ2) is 7.83. The summed E-state index contributed by atoms with van der Waals surface area (Å²) in [4.78, 5) is 11.6. The SMILES string of the molecule is CC(C)(C)OC=O.Nc1ccc(N2CCNCC2)c(F)c1. The molecule has 0 spiro atoms. The van der Waals surface area contributed by atoms with Gasteiger partial charge in [-0.25, -0.2) is 4.39 Å².